The Morgan fingerprint density at radius 3 is 1.98 bits per heavy atom. The van der Waals surface area contributed by atoms with Crippen LogP contribution in [-0.2, 0) is 0 Å². The van der Waals surface area contributed by atoms with Gasteiger partial charge >= 0.3 is 0 Å². The Bertz CT molecular complexity index is 2940. The monoisotopic (exact) mass is 704 g/mol. The SMILES string of the molecule is C1=C(c2ccccc2)N=C(c2ccc3ccccc3c2)C=C(c2cccc3oc4cc(N(c5ccccc5)c5ccccc5-c5ccccc5)ccc4c23)C1. The van der Waals surface area contributed by atoms with Gasteiger partial charge in [0.05, 0.1) is 17.1 Å². The first-order valence-electron chi connectivity index (χ1n) is 18.8. The Morgan fingerprint density at radius 2 is 1.16 bits per heavy atom. The molecule has 0 unspecified atom stereocenters. The third-order valence-electron chi connectivity index (χ3n) is 10.5. The minimum atomic E-state index is 0.729. The highest BCUT2D eigenvalue weighted by molar-refractivity contribution is 6.19. The molecule has 0 radical (unpaired) electrons. The number of rotatable bonds is 7. The van der Waals surface area contributed by atoms with E-state index in [0.29, 0.717) is 0 Å². The van der Waals surface area contributed by atoms with E-state index in [-0.39, 0.29) is 0 Å². The first-order chi connectivity index (χ1) is 27.3. The van der Waals surface area contributed by atoms with E-state index in [1.165, 1.54) is 21.9 Å². The second-order valence-corrected chi connectivity index (χ2v) is 13.9. The molecule has 0 atom stereocenters. The highest BCUT2D eigenvalue weighted by Crippen LogP contribution is 2.44. The smallest absolute Gasteiger partial charge is 0.137 e. The van der Waals surface area contributed by atoms with E-state index in [1.807, 2.05) is 0 Å². The predicted octanol–water partition coefficient (Wildman–Crippen LogP) is 14.2. The molecule has 8 aromatic carbocycles. The van der Waals surface area contributed by atoms with E-state index in [4.69, 9.17) is 9.41 Å². The number of para-hydroxylation sites is 2. The van der Waals surface area contributed by atoms with Crippen LogP contribution >= 0.6 is 0 Å². The van der Waals surface area contributed by atoms with Crippen molar-refractivity contribution in [3.63, 3.8) is 0 Å². The van der Waals surface area contributed by atoms with Gasteiger partial charge in [0.2, 0.25) is 0 Å². The fraction of sp³-hybridized carbons (Fsp3) is 0.0192. The van der Waals surface area contributed by atoms with Crippen LogP contribution in [0.3, 0.4) is 0 Å². The van der Waals surface area contributed by atoms with Crippen molar-refractivity contribution in [1.29, 1.82) is 0 Å². The lowest BCUT2D eigenvalue weighted by Gasteiger charge is -2.27. The number of nitrogens with zero attached hydrogens (tertiary/aromatic N) is 2. The number of allylic oxidation sites excluding steroid dienone is 3. The first kappa shape index (κ1) is 32.4. The minimum Gasteiger partial charge on any atom is -0.456 e. The molecule has 1 aliphatic rings. The Morgan fingerprint density at radius 1 is 0.473 bits per heavy atom. The van der Waals surface area contributed by atoms with Crippen LogP contribution in [-0.4, -0.2) is 5.71 Å². The number of benzene rings is 8. The molecule has 0 N–H and O–H groups in total. The summed E-state index contributed by atoms with van der Waals surface area (Å²) in [5.74, 6) is 0. The molecule has 0 saturated heterocycles. The fourth-order valence-corrected chi connectivity index (χ4v) is 7.87. The zero-order valence-corrected chi connectivity index (χ0v) is 30.1. The van der Waals surface area contributed by atoms with Crippen molar-refractivity contribution in [3.8, 4) is 11.1 Å². The molecule has 10 rings (SSSR count). The quantitative estimate of drug-likeness (QED) is 0.165. The van der Waals surface area contributed by atoms with Crippen molar-refractivity contribution in [1.82, 2.24) is 0 Å². The lowest BCUT2D eigenvalue weighted by atomic mass is 9.94. The van der Waals surface area contributed by atoms with Crippen LogP contribution in [0.5, 0.6) is 0 Å². The van der Waals surface area contributed by atoms with E-state index in [1.54, 1.807) is 0 Å². The van der Waals surface area contributed by atoms with Crippen molar-refractivity contribution >= 4 is 66.8 Å². The largest absolute Gasteiger partial charge is 0.456 e. The van der Waals surface area contributed by atoms with Crippen LogP contribution in [0, 0.1) is 0 Å². The lowest BCUT2D eigenvalue weighted by Crippen LogP contribution is -2.11. The molecule has 0 fully saturated rings. The fourth-order valence-electron chi connectivity index (χ4n) is 7.87. The van der Waals surface area contributed by atoms with Gasteiger partial charge in [-0.2, -0.15) is 0 Å². The predicted molar refractivity (Wildman–Crippen MR) is 231 cm³/mol. The molecule has 0 spiro atoms. The minimum absolute atomic E-state index is 0.729. The number of fused-ring (bicyclic) bond motifs is 4. The highest BCUT2D eigenvalue weighted by Gasteiger charge is 2.21. The summed E-state index contributed by atoms with van der Waals surface area (Å²) in [6, 6.07) is 68.4. The van der Waals surface area contributed by atoms with Crippen molar-refractivity contribution in [2.75, 3.05) is 4.90 Å². The van der Waals surface area contributed by atoms with Crippen LogP contribution < -0.4 is 4.90 Å². The summed E-state index contributed by atoms with van der Waals surface area (Å²) in [7, 11) is 0. The van der Waals surface area contributed by atoms with Crippen LogP contribution in [0.2, 0.25) is 0 Å². The van der Waals surface area contributed by atoms with Gasteiger partial charge in [-0.05, 0) is 88.0 Å². The molecule has 3 heteroatoms. The number of anilines is 3. The summed E-state index contributed by atoms with van der Waals surface area (Å²) in [5.41, 5.74) is 13.7. The third kappa shape index (κ3) is 6.12. The van der Waals surface area contributed by atoms with Gasteiger partial charge < -0.3 is 9.32 Å². The Labute approximate surface area is 320 Å². The van der Waals surface area contributed by atoms with E-state index < -0.39 is 0 Å². The number of furan rings is 1. The second kappa shape index (κ2) is 14.0. The molecule has 3 nitrogen and oxygen atoms in total. The third-order valence-corrected chi connectivity index (χ3v) is 10.5. The summed E-state index contributed by atoms with van der Waals surface area (Å²) in [4.78, 5) is 7.64. The van der Waals surface area contributed by atoms with Gasteiger partial charge in [-0.25, -0.2) is 4.99 Å². The van der Waals surface area contributed by atoms with Gasteiger partial charge in [0, 0.05) is 39.3 Å². The van der Waals surface area contributed by atoms with Gasteiger partial charge in [-0.3, -0.25) is 0 Å². The van der Waals surface area contributed by atoms with Gasteiger partial charge in [0.15, 0.2) is 0 Å². The maximum Gasteiger partial charge on any atom is 0.137 e. The molecule has 1 aliphatic heterocycles. The molecular weight excluding hydrogens is 669 g/mol. The van der Waals surface area contributed by atoms with E-state index in [0.717, 1.165) is 79.1 Å². The maximum absolute atomic E-state index is 6.74. The van der Waals surface area contributed by atoms with Gasteiger partial charge in [0.1, 0.15) is 11.2 Å². The summed E-state index contributed by atoms with van der Waals surface area (Å²) >= 11 is 0. The normalized spacial score (nSPS) is 13.0. The molecule has 0 amide bonds. The number of aliphatic imine (C=N–C) groups is 1. The van der Waals surface area contributed by atoms with Gasteiger partial charge in [-0.1, -0.05) is 152 Å². The average molecular weight is 705 g/mol. The lowest BCUT2D eigenvalue weighted by molar-refractivity contribution is 0.669. The first-order valence-corrected chi connectivity index (χ1v) is 18.8. The van der Waals surface area contributed by atoms with Crippen molar-refractivity contribution in [3.05, 3.63) is 223 Å². The molecule has 9 aromatic rings. The molecular formula is C52H36N2O. The van der Waals surface area contributed by atoms with Crippen LogP contribution in [0.15, 0.2) is 216 Å². The molecule has 0 bridgehead atoms. The Balaban J connectivity index is 1.12. The molecule has 55 heavy (non-hydrogen) atoms. The van der Waals surface area contributed by atoms with Crippen LogP contribution in [0.4, 0.5) is 17.1 Å². The highest BCUT2D eigenvalue weighted by atomic mass is 16.3. The van der Waals surface area contributed by atoms with E-state index in [2.05, 4.69) is 211 Å². The van der Waals surface area contributed by atoms with Crippen LogP contribution in [0.25, 0.3) is 55.1 Å². The molecule has 260 valence electrons. The molecule has 0 aliphatic carbocycles. The standard InChI is InChI=1S/C52H36N2O/c1-4-16-37(17-5-1)44-23-12-13-25-49(44)54(42-21-8-3-9-22-42)43-30-31-46-51(35-43)55-50-26-14-24-45(52(46)50)40-29-32-47(38-18-6-2-7-19-38)53-48(34-40)41-28-27-36-15-10-11-20-39(36)33-41/h1-28,30-35H,29H2. The number of hydrogen-bond acceptors (Lipinski definition) is 3. The Kier molecular flexibility index (Phi) is 8.23. The number of hydrogen-bond donors (Lipinski definition) is 0. The zero-order chi connectivity index (χ0) is 36.6. The summed E-state index contributed by atoms with van der Waals surface area (Å²) in [6.07, 6.45) is 5.26. The maximum atomic E-state index is 6.74. The Hall–Kier alpha value is -7.23. The molecule has 2 heterocycles. The summed E-state index contributed by atoms with van der Waals surface area (Å²) in [5, 5.41) is 4.61. The van der Waals surface area contributed by atoms with Gasteiger partial charge in [0.25, 0.3) is 0 Å². The second-order valence-electron chi connectivity index (χ2n) is 13.9. The van der Waals surface area contributed by atoms with Crippen molar-refractivity contribution < 1.29 is 4.42 Å². The molecule has 1 aromatic heterocycles. The van der Waals surface area contributed by atoms with E-state index in [9.17, 15) is 0 Å². The molecule has 0 saturated carbocycles. The van der Waals surface area contributed by atoms with Crippen LogP contribution in [0.1, 0.15) is 23.1 Å². The van der Waals surface area contributed by atoms with E-state index >= 15 is 0 Å². The van der Waals surface area contributed by atoms with Crippen molar-refractivity contribution in [2.45, 2.75) is 6.42 Å². The topological polar surface area (TPSA) is 28.7 Å². The summed E-state index contributed by atoms with van der Waals surface area (Å²) < 4.78 is 6.74. The van der Waals surface area contributed by atoms with Gasteiger partial charge in [-0.15, -0.1) is 0 Å². The zero-order valence-electron chi connectivity index (χ0n) is 30.1. The van der Waals surface area contributed by atoms with Crippen molar-refractivity contribution in [2.24, 2.45) is 4.99 Å². The average Bonchev–Trinajstić information content (AvgIpc) is 3.48. The summed E-state index contributed by atoms with van der Waals surface area (Å²) in [6.45, 7) is 0.